The lowest BCUT2D eigenvalue weighted by molar-refractivity contribution is 0.230. The number of hydrogen-bond donors (Lipinski definition) is 2. The van der Waals surface area contributed by atoms with Gasteiger partial charge in [0.15, 0.2) is 16.6 Å². The van der Waals surface area contributed by atoms with Crippen LogP contribution in [-0.4, -0.2) is 53.3 Å². The van der Waals surface area contributed by atoms with Crippen LogP contribution in [0, 0.1) is 13.8 Å². The minimum absolute atomic E-state index is 0.465. The first-order valence-corrected chi connectivity index (χ1v) is 11.3. The second-order valence-corrected chi connectivity index (χ2v) is 8.39. The predicted molar refractivity (Wildman–Crippen MR) is 133 cm³/mol. The molecule has 0 radical (unpaired) electrons. The molecule has 0 amide bonds. The molecule has 0 atom stereocenters. The van der Waals surface area contributed by atoms with Gasteiger partial charge >= 0.3 is 0 Å². The minimum atomic E-state index is 0.465. The Labute approximate surface area is 194 Å². The Kier molecular flexibility index (Phi) is 7.02. The third-order valence-electron chi connectivity index (χ3n) is 5.74. The van der Waals surface area contributed by atoms with Crippen molar-refractivity contribution in [3.8, 4) is 11.5 Å². The highest BCUT2D eigenvalue weighted by molar-refractivity contribution is 7.80. The molecule has 1 aromatic heterocycles. The van der Waals surface area contributed by atoms with Gasteiger partial charge in [-0.2, -0.15) is 0 Å². The van der Waals surface area contributed by atoms with E-state index in [4.69, 9.17) is 21.7 Å². The summed E-state index contributed by atoms with van der Waals surface area (Å²) in [5, 5.41) is 7.76. The third-order valence-corrected chi connectivity index (χ3v) is 5.94. The van der Waals surface area contributed by atoms with E-state index in [0.29, 0.717) is 29.0 Å². The number of nitrogens with one attached hydrogen (secondary N) is 2. The topological polar surface area (TPSA) is 71.5 Å². The maximum Gasteiger partial charge on any atom is 0.176 e. The molecule has 7 nitrogen and oxygen atoms in total. The fraction of sp³-hybridized carbons (Fsp3) is 0.375. The molecule has 0 aliphatic carbocycles. The zero-order valence-corrected chi connectivity index (χ0v) is 19.6. The smallest absolute Gasteiger partial charge is 0.176 e. The van der Waals surface area contributed by atoms with Crippen LogP contribution in [0.25, 0.3) is 10.9 Å². The molecule has 168 valence electrons. The summed E-state index contributed by atoms with van der Waals surface area (Å²) < 4.78 is 11.6. The van der Waals surface area contributed by atoms with E-state index in [1.807, 2.05) is 44.2 Å². The van der Waals surface area contributed by atoms with E-state index < -0.39 is 0 Å². The molecule has 0 saturated carbocycles. The molecule has 3 aromatic rings. The number of nitrogens with zero attached hydrogens (tertiary/aromatic N) is 3. The van der Waals surface area contributed by atoms with Gasteiger partial charge in [0.1, 0.15) is 18.8 Å². The van der Waals surface area contributed by atoms with Gasteiger partial charge in [0, 0.05) is 23.7 Å². The van der Waals surface area contributed by atoms with Gasteiger partial charge in [-0.05, 0) is 69.2 Å². The van der Waals surface area contributed by atoms with Crippen LogP contribution in [0.4, 0.5) is 11.5 Å². The molecule has 1 fully saturated rings. The Morgan fingerprint density at radius 1 is 1.06 bits per heavy atom. The van der Waals surface area contributed by atoms with Crippen molar-refractivity contribution in [3.05, 3.63) is 47.8 Å². The first-order valence-electron chi connectivity index (χ1n) is 10.9. The van der Waals surface area contributed by atoms with Crippen molar-refractivity contribution in [2.24, 2.45) is 0 Å². The van der Waals surface area contributed by atoms with E-state index in [1.54, 1.807) is 7.11 Å². The Hall–Kier alpha value is -2.97. The van der Waals surface area contributed by atoms with Crippen LogP contribution < -0.4 is 20.1 Å². The highest BCUT2D eigenvalue weighted by Gasteiger charge is 2.15. The second kappa shape index (κ2) is 10.1. The van der Waals surface area contributed by atoms with Crippen molar-refractivity contribution in [3.63, 3.8) is 0 Å². The molecule has 2 N–H and O–H groups in total. The van der Waals surface area contributed by atoms with E-state index in [9.17, 15) is 0 Å². The molecule has 0 spiro atoms. The number of hydrogen-bond acceptors (Lipinski definition) is 6. The Balaban J connectivity index is 1.51. The monoisotopic (exact) mass is 451 g/mol. The van der Waals surface area contributed by atoms with Crippen LogP contribution >= 0.6 is 12.2 Å². The van der Waals surface area contributed by atoms with Gasteiger partial charge in [0.25, 0.3) is 0 Å². The summed E-state index contributed by atoms with van der Waals surface area (Å²) in [4.78, 5) is 11.2. The third kappa shape index (κ3) is 5.08. The molecule has 1 aliphatic heterocycles. The maximum atomic E-state index is 6.04. The van der Waals surface area contributed by atoms with Gasteiger partial charge in [0.2, 0.25) is 0 Å². The molecule has 1 saturated heterocycles. The van der Waals surface area contributed by atoms with E-state index in [0.717, 1.165) is 47.4 Å². The Morgan fingerprint density at radius 3 is 2.53 bits per heavy atom. The van der Waals surface area contributed by atoms with Crippen LogP contribution in [0.1, 0.15) is 24.0 Å². The molecule has 1 aliphatic rings. The van der Waals surface area contributed by atoms with Gasteiger partial charge in [-0.25, -0.2) is 9.97 Å². The summed E-state index contributed by atoms with van der Waals surface area (Å²) in [7, 11) is 1.64. The van der Waals surface area contributed by atoms with Crippen molar-refractivity contribution < 1.29 is 9.47 Å². The molecular formula is C24H29N5O2S. The van der Waals surface area contributed by atoms with Gasteiger partial charge < -0.3 is 20.1 Å². The molecule has 0 unspecified atom stereocenters. The van der Waals surface area contributed by atoms with Crippen LogP contribution in [0.5, 0.6) is 11.5 Å². The number of rotatable bonds is 7. The lowest BCUT2D eigenvalue weighted by Crippen LogP contribution is -2.25. The molecule has 8 heteroatoms. The molecule has 2 heterocycles. The lowest BCUT2D eigenvalue weighted by Gasteiger charge is -2.17. The number of aryl methyl sites for hydroxylation is 2. The number of thiocarbonyl (C=S) groups is 1. The number of para-hydroxylation sites is 1. The van der Waals surface area contributed by atoms with Gasteiger partial charge in [-0.3, -0.25) is 4.90 Å². The first-order chi connectivity index (χ1) is 15.5. The summed E-state index contributed by atoms with van der Waals surface area (Å²) >= 11 is 5.55. The Bertz CT molecular complexity index is 1090. The second-order valence-electron chi connectivity index (χ2n) is 7.99. The van der Waals surface area contributed by atoms with E-state index >= 15 is 0 Å². The number of anilines is 2. The summed E-state index contributed by atoms with van der Waals surface area (Å²) in [6.45, 7) is 7.92. The van der Waals surface area contributed by atoms with Gasteiger partial charge in [-0.1, -0.05) is 18.2 Å². The molecule has 2 aromatic carbocycles. The summed E-state index contributed by atoms with van der Waals surface area (Å²) in [5.41, 5.74) is 4.00. The zero-order valence-electron chi connectivity index (χ0n) is 18.8. The molecule has 0 bridgehead atoms. The lowest BCUT2D eigenvalue weighted by atomic mass is 10.1. The maximum absolute atomic E-state index is 6.04. The van der Waals surface area contributed by atoms with E-state index in [-0.39, 0.29) is 0 Å². The number of likely N-dealkylation sites (tertiary alicyclic amines) is 1. The largest absolute Gasteiger partial charge is 0.493 e. The highest BCUT2D eigenvalue weighted by Crippen LogP contribution is 2.34. The standard InChI is InChI=1S/C24H29N5O2S/c1-16-7-6-8-17(2)22(16)27-24(32)28-23-18-13-20(30-3)21(14-19(18)25-15-26-23)31-12-11-29-9-4-5-10-29/h6-8,13-15H,4-5,9-12H2,1-3H3,(H2,25,26,27,28,32). The number of ether oxygens (including phenoxy) is 2. The van der Waals surface area contributed by atoms with Crippen LogP contribution in [0.3, 0.4) is 0 Å². The summed E-state index contributed by atoms with van der Waals surface area (Å²) in [5.74, 6) is 1.94. The quantitative estimate of drug-likeness (QED) is 0.508. The SMILES string of the molecule is COc1cc2c(NC(=S)Nc3c(C)cccc3C)ncnc2cc1OCCN1CCCC1. The highest BCUT2D eigenvalue weighted by atomic mass is 32.1. The van der Waals surface area contributed by atoms with Gasteiger partial charge in [-0.15, -0.1) is 0 Å². The molecule has 32 heavy (non-hydrogen) atoms. The summed E-state index contributed by atoms with van der Waals surface area (Å²) in [6, 6.07) is 9.92. The van der Waals surface area contributed by atoms with Crippen molar-refractivity contribution in [1.82, 2.24) is 14.9 Å². The van der Waals surface area contributed by atoms with Crippen LogP contribution in [0.15, 0.2) is 36.7 Å². The number of fused-ring (bicyclic) bond motifs is 1. The first kappa shape index (κ1) is 22.2. The number of methoxy groups -OCH3 is 1. The van der Waals surface area contributed by atoms with E-state index in [1.165, 1.54) is 19.2 Å². The van der Waals surface area contributed by atoms with Crippen LogP contribution in [0.2, 0.25) is 0 Å². The van der Waals surface area contributed by atoms with Crippen molar-refractivity contribution >= 4 is 39.7 Å². The molecular weight excluding hydrogens is 422 g/mol. The normalized spacial score (nSPS) is 13.8. The van der Waals surface area contributed by atoms with Crippen molar-refractivity contribution in [2.75, 3.05) is 44.0 Å². The zero-order chi connectivity index (χ0) is 22.5. The fourth-order valence-electron chi connectivity index (χ4n) is 3.99. The van der Waals surface area contributed by atoms with Crippen LogP contribution in [-0.2, 0) is 0 Å². The summed E-state index contributed by atoms with van der Waals surface area (Å²) in [6.07, 6.45) is 4.06. The van der Waals surface area contributed by atoms with Crippen molar-refractivity contribution in [2.45, 2.75) is 26.7 Å². The molecule has 4 rings (SSSR count). The van der Waals surface area contributed by atoms with E-state index in [2.05, 4.69) is 25.5 Å². The minimum Gasteiger partial charge on any atom is -0.493 e. The number of benzene rings is 2. The number of aromatic nitrogens is 2. The van der Waals surface area contributed by atoms with Crippen molar-refractivity contribution in [1.29, 1.82) is 0 Å². The Morgan fingerprint density at radius 2 is 1.81 bits per heavy atom. The fourth-order valence-corrected chi connectivity index (χ4v) is 4.19. The predicted octanol–water partition coefficient (Wildman–Crippen LogP) is 4.54. The van der Waals surface area contributed by atoms with Gasteiger partial charge in [0.05, 0.1) is 12.6 Å². The average Bonchev–Trinajstić information content (AvgIpc) is 3.30. The average molecular weight is 452 g/mol.